The van der Waals surface area contributed by atoms with Crippen LogP contribution < -0.4 is 0 Å². The molecule has 1 N–H and O–H groups in total. The molecule has 2 aliphatic rings. The van der Waals surface area contributed by atoms with E-state index in [-0.39, 0.29) is 31.5 Å². The van der Waals surface area contributed by atoms with Crippen molar-refractivity contribution in [1.82, 2.24) is 0 Å². The molecule has 2 aliphatic heterocycles. The number of ether oxygens (including phenoxy) is 3. The first kappa shape index (κ1) is 12.3. The highest BCUT2D eigenvalue weighted by Crippen LogP contribution is 2.44. The van der Waals surface area contributed by atoms with E-state index < -0.39 is 11.4 Å². The number of aliphatic hydroxyl groups excluding tert-OH is 1. The highest BCUT2D eigenvalue weighted by Gasteiger charge is 2.61. The van der Waals surface area contributed by atoms with E-state index in [0.717, 1.165) is 19.0 Å². The molecule has 0 aromatic rings. The van der Waals surface area contributed by atoms with Crippen LogP contribution >= 0.6 is 11.9 Å². The summed E-state index contributed by atoms with van der Waals surface area (Å²) in [5, 5.41) is 9.64. The van der Waals surface area contributed by atoms with Gasteiger partial charge in [0.1, 0.15) is 17.8 Å². The zero-order valence-electron chi connectivity index (χ0n) is 11.2. The van der Waals surface area contributed by atoms with E-state index in [4.69, 9.17) is 19.7 Å². The first-order valence-corrected chi connectivity index (χ1v) is 6.37. The Balaban J connectivity index is 2.11. The summed E-state index contributed by atoms with van der Waals surface area (Å²) in [6.07, 6.45) is -0.739. The highest BCUT2D eigenvalue weighted by atomic mass is 32.2. The molecule has 0 spiro atoms. The lowest BCUT2D eigenvalue weighted by Gasteiger charge is -2.32. The second-order valence-corrected chi connectivity index (χ2v) is 5.35. The topological polar surface area (TPSA) is 57.2 Å². The summed E-state index contributed by atoms with van der Waals surface area (Å²) < 4.78 is 29.5. The van der Waals surface area contributed by atoms with Gasteiger partial charge in [-0.05, 0) is 22.1 Å². The van der Waals surface area contributed by atoms with Gasteiger partial charge in [-0.2, -0.15) is 0 Å². The van der Waals surface area contributed by atoms with E-state index in [1.54, 1.807) is 0 Å². The van der Waals surface area contributed by atoms with Crippen molar-refractivity contribution in [3.8, 4) is 0 Å². The van der Waals surface area contributed by atoms with Crippen LogP contribution in [0.1, 0.15) is 20.8 Å². The number of aliphatic hydroxyl groups is 1. The standard InChI is InChI=1S/C10H18BO5S/c1-6-7-8(16-9(2,3)15-7)10(4-12,14-6)5-13-17-11/h6-8,11-12H,4-5H2,1-3H3/t6?,7-,8?,10?/m1/s1/i11T. The Morgan fingerprint density at radius 2 is 2.24 bits per heavy atom. The number of rotatable bonds is 5. The molecule has 2 saturated heterocycles. The van der Waals surface area contributed by atoms with Gasteiger partial charge in [0.2, 0.25) is 7.09 Å². The van der Waals surface area contributed by atoms with Crippen molar-refractivity contribution in [2.75, 3.05) is 13.2 Å². The molecule has 7 heteroatoms. The van der Waals surface area contributed by atoms with Gasteiger partial charge in [-0.25, -0.2) is 0 Å². The molecule has 2 heterocycles. The Labute approximate surface area is 108 Å². The predicted octanol–water partition coefficient (Wildman–Crippen LogP) is 0.137. The largest absolute Gasteiger partial charge is 0.393 e. The molecule has 3 unspecified atom stereocenters. The van der Waals surface area contributed by atoms with Gasteiger partial charge >= 0.3 is 0 Å². The third kappa shape index (κ3) is 2.37. The molecule has 1 radical (unpaired) electrons. The lowest BCUT2D eigenvalue weighted by atomic mass is 9.96. The lowest BCUT2D eigenvalue weighted by Crippen LogP contribution is -2.49. The summed E-state index contributed by atoms with van der Waals surface area (Å²) >= 11 is 0.898. The van der Waals surface area contributed by atoms with Gasteiger partial charge in [-0.15, -0.1) is 0 Å². The zero-order valence-corrected chi connectivity index (χ0v) is 11.0. The van der Waals surface area contributed by atoms with Crippen molar-refractivity contribution in [2.45, 2.75) is 50.5 Å². The van der Waals surface area contributed by atoms with Crippen LogP contribution in [0.3, 0.4) is 0 Å². The molecule has 2 rings (SSSR count). The third-order valence-electron chi connectivity index (χ3n) is 3.17. The molecule has 0 aromatic heterocycles. The van der Waals surface area contributed by atoms with Crippen LogP contribution in [-0.2, 0) is 18.4 Å². The van der Waals surface area contributed by atoms with Crippen LogP contribution in [0.15, 0.2) is 0 Å². The van der Waals surface area contributed by atoms with Crippen molar-refractivity contribution in [3.63, 3.8) is 0 Å². The quantitative estimate of drug-likeness (QED) is 0.432. The van der Waals surface area contributed by atoms with Crippen molar-refractivity contribution < 1.29 is 23.5 Å². The van der Waals surface area contributed by atoms with Crippen LogP contribution in [0.25, 0.3) is 0 Å². The van der Waals surface area contributed by atoms with Crippen LogP contribution in [0.5, 0.6) is 0 Å². The van der Waals surface area contributed by atoms with Crippen molar-refractivity contribution in [1.29, 1.82) is 1.34 Å². The molecule has 17 heavy (non-hydrogen) atoms. The molecule has 0 aromatic carbocycles. The van der Waals surface area contributed by atoms with Crippen LogP contribution in [0, 0.1) is 0 Å². The number of hydrogen-bond acceptors (Lipinski definition) is 6. The van der Waals surface area contributed by atoms with Crippen LogP contribution in [-0.4, -0.2) is 56.4 Å². The van der Waals surface area contributed by atoms with Gasteiger partial charge < -0.3 is 23.5 Å². The Morgan fingerprint density at radius 1 is 1.47 bits per heavy atom. The minimum Gasteiger partial charge on any atom is -0.393 e. The maximum absolute atomic E-state index is 9.64. The van der Waals surface area contributed by atoms with E-state index in [2.05, 4.69) is 0 Å². The molecule has 0 saturated carbocycles. The van der Waals surface area contributed by atoms with Gasteiger partial charge in [0.15, 0.2) is 5.79 Å². The van der Waals surface area contributed by atoms with Gasteiger partial charge in [0.05, 0.1) is 19.3 Å². The van der Waals surface area contributed by atoms with Gasteiger partial charge in [0.25, 0.3) is 0 Å². The van der Waals surface area contributed by atoms with Crippen LogP contribution in [0.2, 0.25) is 0 Å². The molecule has 5 nitrogen and oxygen atoms in total. The fourth-order valence-electron chi connectivity index (χ4n) is 2.47. The highest BCUT2D eigenvalue weighted by molar-refractivity contribution is 8.15. The Morgan fingerprint density at radius 3 is 2.88 bits per heavy atom. The summed E-state index contributed by atoms with van der Waals surface area (Å²) in [7, 11) is 1.08. The molecule has 97 valence electrons. The second-order valence-electron chi connectivity index (χ2n) is 4.93. The van der Waals surface area contributed by atoms with Gasteiger partial charge in [-0.3, -0.25) is 0 Å². The average molecular weight is 263 g/mol. The van der Waals surface area contributed by atoms with E-state index in [1.165, 1.54) is 0 Å². The molecule has 4 atom stereocenters. The van der Waals surface area contributed by atoms with E-state index in [9.17, 15) is 5.11 Å². The fraction of sp³-hybridized carbons (Fsp3) is 1.00. The summed E-state index contributed by atoms with van der Waals surface area (Å²) in [4.78, 5) is 0. The maximum atomic E-state index is 9.64. The number of fused-ring (bicyclic) bond motifs is 1. The molecule has 0 amide bonds. The summed E-state index contributed by atoms with van der Waals surface area (Å²) in [6.45, 7) is 5.51. The smallest absolute Gasteiger partial charge is 0.209 e. The zero-order chi connectivity index (χ0) is 13.4. The Kier molecular flexibility index (Phi) is 3.40. The summed E-state index contributed by atoms with van der Waals surface area (Å²) in [5.41, 5.74) is -0.923. The molecule has 0 aliphatic carbocycles. The summed E-state index contributed by atoms with van der Waals surface area (Å²) in [6, 6.07) is 0. The maximum Gasteiger partial charge on any atom is 0.209 e. The second kappa shape index (κ2) is 4.72. The van der Waals surface area contributed by atoms with Crippen LogP contribution in [0.4, 0.5) is 0 Å². The minimum absolute atomic E-state index is 0.147. The molecular formula is C10H18BO5S. The average Bonchev–Trinajstić information content (AvgIpc) is 2.75. The Bertz CT molecular complexity index is 308. The lowest BCUT2D eigenvalue weighted by molar-refractivity contribution is -0.218. The summed E-state index contributed by atoms with van der Waals surface area (Å²) in [5.74, 6) is -0.678. The minimum atomic E-state index is -0.923. The molecule has 2 fully saturated rings. The van der Waals surface area contributed by atoms with Crippen molar-refractivity contribution in [3.05, 3.63) is 0 Å². The first-order valence-electron chi connectivity index (χ1n) is 6.14. The normalized spacial score (nSPS) is 44.5. The molecular weight excluding hydrogens is 243 g/mol. The molecule has 0 bridgehead atoms. The monoisotopic (exact) mass is 263 g/mol. The van der Waals surface area contributed by atoms with E-state index in [0.29, 0.717) is 0 Å². The van der Waals surface area contributed by atoms with Crippen molar-refractivity contribution in [2.24, 2.45) is 0 Å². The first-order chi connectivity index (χ1) is 8.44. The van der Waals surface area contributed by atoms with Gasteiger partial charge in [0, 0.05) is 0 Å². The van der Waals surface area contributed by atoms with Crippen molar-refractivity contribution >= 4 is 19.0 Å². The SMILES string of the molecule is [3H][B]SOCC1(CO)OC(C)[C@H]2OC(C)(C)OC21. The third-order valence-corrected chi connectivity index (χ3v) is 3.42. The fourth-order valence-corrected chi connectivity index (χ4v) is 2.73. The van der Waals surface area contributed by atoms with E-state index >= 15 is 0 Å². The predicted molar refractivity (Wildman–Crippen MR) is 64.9 cm³/mol. The van der Waals surface area contributed by atoms with E-state index in [1.807, 2.05) is 20.8 Å². The Hall–Kier alpha value is 0.215. The number of hydrogen-bond donors (Lipinski definition) is 1. The van der Waals surface area contributed by atoms with Gasteiger partial charge in [-0.1, -0.05) is 11.9 Å².